The minimum atomic E-state index is 0.524. The molecule has 3 atom stereocenters. The van der Waals surface area contributed by atoms with E-state index in [1.807, 2.05) is 0 Å². The van der Waals surface area contributed by atoms with E-state index in [9.17, 15) is 4.79 Å². The molecule has 0 radical (unpaired) electrons. The number of fused-ring (bicyclic) bond motifs is 2. The third kappa shape index (κ3) is 0.825. The predicted molar refractivity (Wildman–Crippen MR) is 38.4 cm³/mol. The first-order valence-corrected chi connectivity index (χ1v) is 4.10. The highest BCUT2D eigenvalue weighted by Crippen LogP contribution is 2.44. The fourth-order valence-electron chi connectivity index (χ4n) is 2.54. The Bertz CT molecular complexity index is 146. The third-order valence-electron chi connectivity index (χ3n) is 3.02. The van der Waals surface area contributed by atoms with Crippen LogP contribution in [0.2, 0.25) is 0 Å². The van der Waals surface area contributed by atoms with Crippen molar-refractivity contribution in [2.75, 3.05) is 0 Å². The zero-order chi connectivity index (χ0) is 6.97. The zero-order valence-electron chi connectivity index (χ0n) is 6.05. The first-order valence-electron chi connectivity index (χ1n) is 4.10. The highest BCUT2D eigenvalue weighted by Gasteiger charge is 2.38. The molecule has 2 nitrogen and oxygen atoms in total. The molecule has 0 heterocycles. The zero-order valence-corrected chi connectivity index (χ0v) is 6.05. The summed E-state index contributed by atoms with van der Waals surface area (Å²) < 4.78 is 0. The average molecular weight is 139 g/mol. The summed E-state index contributed by atoms with van der Waals surface area (Å²) in [7, 11) is 0. The van der Waals surface area contributed by atoms with Crippen LogP contribution in [-0.2, 0) is 4.79 Å². The molecular weight excluding hydrogens is 126 g/mol. The smallest absolute Gasteiger partial charge is 0.207 e. The SMILES string of the molecule is O=CNC1CC2CCC1C2. The van der Waals surface area contributed by atoms with Crippen molar-refractivity contribution in [3.8, 4) is 0 Å². The number of amides is 1. The fourth-order valence-corrected chi connectivity index (χ4v) is 2.54. The van der Waals surface area contributed by atoms with Crippen LogP contribution >= 0.6 is 0 Å². The number of carbonyl (C=O) groups is 1. The Morgan fingerprint density at radius 1 is 1.30 bits per heavy atom. The highest BCUT2D eigenvalue weighted by molar-refractivity contribution is 5.47. The van der Waals surface area contributed by atoms with Crippen molar-refractivity contribution in [1.82, 2.24) is 5.32 Å². The standard InChI is InChI=1S/C8H13NO/c10-5-9-8-4-6-1-2-7(8)3-6/h5-8H,1-4H2,(H,9,10). The lowest BCUT2D eigenvalue weighted by molar-refractivity contribution is -0.110. The molecule has 2 bridgehead atoms. The lowest BCUT2D eigenvalue weighted by Gasteiger charge is -2.20. The molecular formula is C8H13NO. The van der Waals surface area contributed by atoms with Crippen molar-refractivity contribution < 1.29 is 4.79 Å². The van der Waals surface area contributed by atoms with Gasteiger partial charge in [0.1, 0.15) is 0 Å². The summed E-state index contributed by atoms with van der Waals surface area (Å²) in [6.45, 7) is 0. The van der Waals surface area contributed by atoms with Gasteiger partial charge in [0, 0.05) is 6.04 Å². The first-order chi connectivity index (χ1) is 4.90. The molecule has 2 heteroatoms. The molecule has 0 aromatic rings. The molecule has 0 saturated heterocycles. The number of rotatable bonds is 2. The first kappa shape index (κ1) is 6.20. The molecule has 2 aliphatic rings. The molecule has 2 aliphatic carbocycles. The van der Waals surface area contributed by atoms with Crippen molar-refractivity contribution in [3.05, 3.63) is 0 Å². The van der Waals surface area contributed by atoms with Crippen LogP contribution in [0.25, 0.3) is 0 Å². The van der Waals surface area contributed by atoms with E-state index in [2.05, 4.69) is 5.32 Å². The van der Waals surface area contributed by atoms with E-state index < -0.39 is 0 Å². The lowest BCUT2D eigenvalue weighted by Crippen LogP contribution is -2.32. The van der Waals surface area contributed by atoms with Gasteiger partial charge in [-0.3, -0.25) is 4.79 Å². The Kier molecular flexibility index (Phi) is 1.40. The number of hydrogen-bond acceptors (Lipinski definition) is 1. The maximum atomic E-state index is 10.1. The summed E-state index contributed by atoms with van der Waals surface area (Å²) in [4.78, 5) is 10.1. The van der Waals surface area contributed by atoms with Gasteiger partial charge in [-0.05, 0) is 31.1 Å². The molecule has 0 aromatic carbocycles. The van der Waals surface area contributed by atoms with E-state index >= 15 is 0 Å². The van der Waals surface area contributed by atoms with Gasteiger partial charge in [0.2, 0.25) is 6.41 Å². The van der Waals surface area contributed by atoms with Crippen LogP contribution in [0.5, 0.6) is 0 Å². The van der Waals surface area contributed by atoms with Crippen LogP contribution in [0.15, 0.2) is 0 Å². The molecule has 56 valence electrons. The molecule has 3 unspecified atom stereocenters. The van der Waals surface area contributed by atoms with Crippen LogP contribution < -0.4 is 5.32 Å². The second kappa shape index (κ2) is 2.26. The second-order valence-electron chi connectivity index (χ2n) is 3.57. The van der Waals surface area contributed by atoms with Crippen LogP contribution in [0, 0.1) is 11.8 Å². The van der Waals surface area contributed by atoms with Gasteiger partial charge in [0.05, 0.1) is 0 Å². The van der Waals surface area contributed by atoms with Crippen LogP contribution in [0.3, 0.4) is 0 Å². The van der Waals surface area contributed by atoms with Gasteiger partial charge in [0.25, 0.3) is 0 Å². The van der Waals surface area contributed by atoms with E-state index in [1.165, 1.54) is 25.7 Å². The van der Waals surface area contributed by atoms with Gasteiger partial charge in [-0.15, -0.1) is 0 Å². The quantitative estimate of drug-likeness (QED) is 0.566. The van der Waals surface area contributed by atoms with Crippen molar-refractivity contribution in [2.24, 2.45) is 11.8 Å². The molecule has 0 aliphatic heterocycles. The van der Waals surface area contributed by atoms with Gasteiger partial charge >= 0.3 is 0 Å². The van der Waals surface area contributed by atoms with E-state index in [0.717, 1.165) is 18.2 Å². The molecule has 10 heavy (non-hydrogen) atoms. The van der Waals surface area contributed by atoms with Crippen LogP contribution in [-0.4, -0.2) is 12.5 Å². The average Bonchev–Trinajstić information content (AvgIpc) is 2.48. The third-order valence-corrected chi connectivity index (χ3v) is 3.02. The van der Waals surface area contributed by atoms with E-state index in [-0.39, 0.29) is 0 Å². The predicted octanol–water partition coefficient (Wildman–Crippen LogP) is 0.921. The second-order valence-corrected chi connectivity index (χ2v) is 3.57. The summed E-state index contributed by atoms with van der Waals surface area (Å²) in [5, 5.41) is 2.90. The van der Waals surface area contributed by atoms with Crippen molar-refractivity contribution >= 4 is 6.41 Å². The van der Waals surface area contributed by atoms with E-state index in [1.54, 1.807) is 0 Å². The molecule has 0 spiro atoms. The largest absolute Gasteiger partial charge is 0.356 e. The van der Waals surface area contributed by atoms with Crippen LogP contribution in [0.1, 0.15) is 25.7 Å². The summed E-state index contributed by atoms with van der Waals surface area (Å²) in [6, 6.07) is 0.524. The molecule has 2 fully saturated rings. The van der Waals surface area contributed by atoms with Crippen molar-refractivity contribution in [2.45, 2.75) is 31.7 Å². The van der Waals surface area contributed by atoms with E-state index in [0.29, 0.717) is 6.04 Å². The summed E-state index contributed by atoms with van der Waals surface area (Å²) in [5.41, 5.74) is 0. The maximum Gasteiger partial charge on any atom is 0.207 e. The topological polar surface area (TPSA) is 29.1 Å². The Balaban J connectivity index is 1.95. The lowest BCUT2D eigenvalue weighted by atomic mass is 9.96. The highest BCUT2D eigenvalue weighted by atomic mass is 16.1. The number of hydrogen-bond donors (Lipinski definition) is 1. The molecule has 2 rings (SSSR count). The summed E-state index contributed by atoms with van der Waals surface area (Å²) in [6.07, 6.45) is 6.21. The van der Waals surface area contributed by atoms with Crippen molar-refractivity contribution in [1.29, 1.82) is 0 Å². The maximum absolute atomic E-state index is 10.1. The van der Waals surface area contributed by atoms with Crippen LogP contribution in [0.4, 0.5) is 0 Å². The van der Waals surface area contributed by atoms with E-state index in [4.69, 9.17) is 0 Å². The van der Waals surface area contributed by atoms with Gasteiger partial charge in [-0.1, -0.05) is 6.42 Å². The minimum Gasteiger partial charge on any atom is -0.356 e. The number of carbonyl (C=O) groups excluding carboxylic acids is 1. The number of nitrogens with one attached hydrogen (secondary N) is 1. The minimum absolute atomic E-state index is 0.524. The Morgan fingerprint density at radius 3 is 2.70 bits per heavy atom. The van der Waals surface area contributed by atoms with Gasteiger partial charge < -0.3 is 5.32 Å². The molecule has 0 aromatic heterocycles. The molecule has 1 amide bonds. The van der Waals surface area contributed by atoms with Gasteiger partial charge in [-0.2, -0.15) is 0 Å². The monoisotopic (exact) mass is 139 g/mol. The molecule has 1 N–H and O–H groups in total. The normalized spacial score (nSPS) is 43.8. The van der Waals surface area contributed by atoms with Crippen molar-refractivity contribution in [3.63, 3.8) is 0 Å². The van der Waals surface area contributed by atoms with Gasteiger partial charge in [0.15, 0.2) is 0 Å². The fraction of sp³-hybridized carbons (Fsp3) is 0.875. The molecule has 2 saturated carbocycles. The Labute approximate surface area is 61.0 Å². The Hall–Kier alpha value is -0.530. The summed E-state index contributed by atoms with van der Waals surface area (Å²) in [5.74, 6) is 1.75. The van der Waals surface area contributed by atoms with Gasteiger partial charge in [-0.25, -0.2) is 0 Å². The summed E-state index contributed by atoms with van der Waals surface area (Å²) >= 11 is 0. The Morgan fingerprint density at radius 2 is 2.20 bits per heavy atom.